The molecule has 146 valence electrons. The number of piperazine rings is 1. The number of rotatable bonds is 9. The summed E-state index contributed by atoms with van der Waals surface area (Å²) >= 11 is 1.52. The fourth-order valence-corrected chi connectivity index (χ4v) is 3.80. The third kappa shape index (κ3) is 6.37. The van der Waals surface area contributed by atoms with Crippen LogP contribution in [0.5, 0.6) is 11.5 Å². The van der Waals surface area contributed by atoms with Gasteiger partial charge in [0.15, 0.2) is 11.5 Å². The van der Waals surface area contributed by atoms with E-state index >= 15 is 0 Å². The van der Waals surface area contributed by atoms with Gasteiger partial charge in [-0.2, -0.15) is 0 Å². The average Bonchev–Trinajstić information content (AvgIpc) is 2.66. The predicted molar refractivity (Wildman–Crippen MR) is 106 cm³/mol. The average molecular weight is 382 g/mol. The number of methoxy groups -OCH3 is 2. The van der Waals surface area contributed by atoms with Crippen LogP contribution in [-0.4, -0.2) is 81.5 Å². The summed E-state index contributed by atoms with van der Waals surface area (Å²) in [5, 5.41) is 2.89. The highest BCUT2D eigenvalue weighted by Crippen LogP contribution is 2.33. The molecule has 1 heterocycles. The largest absolute Gasteiger partial charge is 0.493 e. The molecule has 7 heteroatoms. The standard InChI is InChI=1S/C19H31N3O3S/c1-15(26-16-6-7-17(24-3)18(14-16)25-4)19(23)20-8-5-9-22-12-10-21(2)11-13-22/h6-7,14-15H,5,8-13H2,1-4H3,(H,20,23). The van der Waals surface area contributed by atoms with Crippen LogP contribution >= 0.6 is 11.8 Å². The molecule has 2 rings (SSSR count). The van der Waals surface area contributed by atoms with E-state index in [9.17, 15) is 4.79 Å². The molecule has 1 aliphatic rings. The van der Waals surface area contributed by atoms with E-state index in [1.165, 1.54) is 11.8 Å². The molecule has 1 aromatic carbocycles. The lowest BCUT2D eigenvalue weighted by Gasteiger charge is -2.32. The van der Waals surface area contributed by atoms with Crippen LogP contribution in [0.15, 0.2) is 23.1 Å². The molecule has 26 heavy (non-hydrogen) atoms. The Morgan fingerprint density at radius 1 is 1.19 bits per heavy atom. The Labute approximate surface area is 161 Å². The second-order valence-corrected chi connectivity index (χ2v) is 7.98. The maximum atomic E-state index is 12.3. The molecule has 1 unspecified atom stereocenters. The normalized spacial score (nSPS) is 16.9. The first-order valence-electron chi connectivity index (χ1n) is 9.10. The second kappa shape index (κ2) is 10.6. The number of carbonyl (C=O) groups excluding carboxylic acids is 1. The summed E-state index contributed by atoms with van der Waals surface area (Å²) in [6.07, 6.45) is 0.989. The molecular formula is C19H31N3O3S. The molecule has 0 spiro atoms. The van der Waals surface area contributed by atoms with E-state index < -0.39 is 0 Å². The van der Waals surface area contributed by atoms with Crippen molar-refractivity contribution in [3.8, 4) is 11.5 Å². The Hall–Kier alpha value is -1.44. The molecule has 0 aromatic heterocycles. The molecule has 1 saturated heterocycles. The molecule has 0 bridgehead atoms. The number of benzene rings is 1. The summed E-state index contributed by atoms with van der Waals surface area (Å²) in [5.41, 5.74) is 0. The van der Waals surface area contributed by atoms with Crippen LogP contribution in [0.2, 0.25) is 0 Å². The lowest BCUT2D eigenvalue weighted by atomic mass is 10.3. The maximum Gasteiger partial charge on any atom is 0.233 e. The van der Waals surface area contributed by atoms with Crippen LogP contribution in [0, 0.1) is 0 Å². The van der Waals surface area contributed by atoms with Crippen LogP contribution in [0.3, 0.4) is 0 Å². The van der Waals surface area contributed by atoms with Gasteiger partial charge < -0.3 is 24.6 Å². The van der Waals surface area contributed by atoms with Gasteiger partial charge in [-0.1, -0.05) is 0 Å². The summed E-state index contributed by atoms with van der Waals surface area (Å²) in [6.45, 7) is 8.20. The number of nitrogens with zero attached hydrogens (tertiary/aromatic N) is 2. The van der Waals surface area contributed by atoms with Gasteiger partial charge in [-0.25, -0.2) is 0 Å². The SMILES string of the molecule is COc1ccc(SC(C)C(=O)NCCCN2CCN(C)CC2)cc1OC. The summed E-state index contributed by atoms with van der Waals surface area (Å²) < 4.78 is 10.6. The van der Waals surface area contributed by atoms with Crippen molar-refractivity contribution < 1.29 is 14.3 Å². The number of carbonyl (C=O) groups is 1. The van der Waals surface area contributed by atoms with Crippen LogP contribution in [0.25, 0.3) is 0 Å². The van der Waals surface area contributed by atoms with Gasteiger partial charge >= 0.3 is 0 Å². The van der Waals surface area contributed by atoms with E-state index in [4.69, 9.17) is 9.47 Å². The zero-order valence-electron chi connectivity index (χ0n) is 16.3. The van der Waals surface area contributed by atoms with Crippen molar-refractivity contribution in [3.63, 3.8) is 0 Å². The zero-order chi connectivity index (χ0) is 18.9. The van der Waals surface area contributed by atoms with E-state index in [1.54, 1.807) is 14.2 Å². The van der Waals surface area contributed by atoms with E-state index in [-0.39, 0.29) is 11.2 Å². The first-order valence-corrected chi connectivity index (χ1v) is 9.98. The highest BCUT2D eigenvalue weighted by molar-refractivity contribution is 8.00. The first-order chi connectivity index (χ1) is 12.5. The predicted octanol–water partition coefficient (Wildman–Crippen LogP) is 1.94. The number of nitrogens with one attached hydrogen (secondary N) is 1. The van der Waals surface area contributed by atoms with E-state index in [0.717, 1.165) is 50.6 Å². The number of amides is 1. The summed E-state index contributed by atoms with van der Waals surface area (Å²) in [6, 6.07) is 5.71. The molecule has 1 aliphatic heterocycles. The molecule has 0 radical (unpaired) electrons. The van der Waals surface area contributed by atoms with Crippen molar-refractivity contribution >= 4 is 17.7 Å². The van der Waals surface area contributed by atoms with Crippen LogP contribution < -0.4 is 14.8 Å². The van der Waals surface area contributed by atoms with Gasteiger partial charge in [0.2, 0.25) is 5.91 Å². The van der Waals surface area contributed by atoms with Crippen LogP contribution in [-0.2, 0) is 4.79 Å². The van der Waals surface area contributed by atoms with Crippen LogP contribution in [0.4, 0.5) is 0 Å². The molecule has 1 amide bonds. The van der Waals surface area contributed by atoms with Crippen molar-refractivity contribution in [2.24, 2.45) is 0 Å². The molecule has 1 N–H and O–H groups in total. The minimum absolute atomic E-state index is 0.0724. The number of ether oxygens (including phenoxy) is 2. The fraction of sp³-hybridized carbons (Fsp3) is 0.632. The van der Waals surface area contributed by atoms with Crippen molar-refractivity contribution in [2.75, 3.05) is 60.5 Å². The third-order valence-corrected chi connectivity index (χ3v) is 5.68. The van der Waals surface area contributed by atoms with Gasteiger partial charge in [0, 0.05) is 37.6 Å². The Kier molecular flexibility index (Phi) is 8.54. The minimum atomic E-state index is -0.156. The first kappa shape index (κ1) is 20.9. The van der Waals surface area contributed by atoms with Gasteiger partial charge in [-0.3, -0.25) is 4.79 Å². The highest BCUT2D eigenvalue weighted by atomic mass is 32.2. The fourth-order valence-electron chi connectivity index (χ4n) is 2.88. The lowest BCUT2D eigenvalue weighted by Crippen LogP contribution is -2.45. The monoisotopic (exact) mass is 381 g/mol. The smallest absolute Gasteiger partial charge is 0.233 e. The van der Waals surface area contributed by atoms with Crippen molar-refractivity contribution in [3.05, 3.63) is 18.2 Å². The highest BCUT2D eigenvalue weighted by Gasteiger charge is 2.16. The van der Waals surface area contributed by atoms with E-state index in [0.29, 0.717) is 11.5 Å². The third-order valence-electron chi connectivity index (χ3n) is 4.58. The Balaban J connectivity index is 1.70. The number of likely N-dealkylation sites (N-methyl/N-ethyl adjacent to an activating group) is 1. The van der Waals surface area contributed by atoms with Gasteiger partial charge in [-0.15, -0.1) is 11.8 Å². The number of hydrogen-bond acceptors (Lipinski definition) is 6. The van der Waals surface area contributed by atoms with Crippen molar-refractivity contribution in [1.82, 2.24) is 15.1 Å². The van der Waals surface area contributed by atoms with Gasteiger partial charge in [0.05, 0.1) is 19.5 Å². The summed E-state index contributed by atoms with van der Waals surface area (Å²) in [4.78, 5) is 18.1. The van der Waals surface area contributed by atoms with Gasteiger partial charge in [0.1, 0.15) is 0 Å². The summed E-state index contributed by atoms with van der Waals surface area (Å²) in [7, 11) is 5.39. The number of hydrogen-bond donors (Lipinski definition) is 1. The molecule has 1 fully saturated rings. The molecule has 6 nitrogen and oxygen atoms in total. The van der Waals surface area contributed by atoms with E-state index in [1.807, 2.05) is 25.1 Å². The zero-order valence-corrected chi connectivity index (χ0v) is 17.1. The van der Waals surface area contributed by atoms with Crippen molar-refractivity contribution in [1.29, 1.82) is 0 Å². The van der Waals surface area contributed by atoms with Crippen molar-refractivity contribution in [2.45, 2.75) is 23.5 Å². The Morgan fingerprint density at radius 2 is 1.88 bits per heavy atom. The number of thioether (sulfide) groups is 1. The quantitative estimate of drug-likeness (QED) is 0.521. The Bertz CT molecular complexity index is 577. The Morgan fingerprint density at radius 3 is 2.54 bits per heavy atom. The molecule has 1 aromatic rings. The minimum Gasteiger partial charge on any atom is -0.493 e. The molecule has 0 aliphatic carbocycles. The van der Waals surface area contributed by atoms with Crippen LogP contribution in [0.1, 0.15) is 13.3 Å². The topological polar surface area (TPSA) is 54.0 Å². The van der Waals surface area contributed by atoms with Gasteiger partial charge in [0.25, 0.3) is 0 Å². The van der Waals surface area contributed by atoms with Gasteiger partial charge in [-0.05, 0) is 45.1 Å². The summed E-state index contributed by atoms with van der Waals surface area (Å²) in [5.74, 6) is 1.44. The van der Waals surface area contributed by atoms with E-state index in [2.05, 4.69) is 22.2 Å². The molecule has 0 saturated carbocycles. The maximum absolute atomic E-state index is 12.3. The molecule has 1 atom stereocenters. The second-order valence-electron chi connectivity index (χ2n) is 6.57. The molecular weight excluding hydrogens is 350 g/mol. The lowest BCUT2D eigenvalue weighted by molar-refractivity contribution is -0.120.